The molecule has 4 rings (SSSR count). The van der Waals surface area contributed by atoms with E-state index in [0.29, 0.717) is 28.8 Å². The number of rotatable bonds is 11. The molecule has 0 radical (unpaired) electrons. The number of nitrogens with one attached hydrogen (secondary N) is 2. The zero-order valence-electron chi connectivity index (χ0n) is 20.8. The summed E-state index contributed by atoms with van der Waals surface area (Å²) in [5.74, 6) is 1.16. The summed E-state index contributed by atoms with van der Waals surface area (Å²) in [6.45, 7) is 2.83. The summed E-state index contributed by atoms with van der Waals surface area (Å²) in [6, 6.07) is 24.7. The highest BCUT2D eigenvalue weighted by molar-refractivity contribution is 7.99. The molecular weight excluding hydrogens is 486 g/mol. The van der Waals surface area contributed by atoms with Crippen molar-refractivity contribution in [3.05, 3.63) is 101 Å². The minimum absolute atomic E-state index is 0.124. The van der Waals surface area contributed by atoms with E-state index in [-0.39, 0.29) is 24.1 Å². The minimum Gasteiger partial charge on any atom is -0.497 e. The number of carbonyl (C=O) groups excluding carboxylic acids is 2. The summed E-state index contributed by atoms with van der Waals surface area (Å²) in [7, 11) is 1.58. The summed E-state index contributed by atoms with van der Waals surface area (Å²) in [4.78, 5) is 25.2. The molecule has 0 aliphatic carbocycles. The van der Waals surface area contributed by atoms with Gasteiger partial charge in [-0.2, -0.15) is 0 Å². The first-order chi connectivity index (χ1) is 18.0. The first kappa shape index (κ1) is 26.0. The largest absolute Gasteiger partial charge is 0.497 e. The lowest BCUT2D eigenvalue weighted by molar-refractivity contribution is -0.113. The maximum Gasteiger partial charge on any atom is 0.251 e. The van der Waals surface area contributed by atoms with E-state index < -0.39 is 0 Å². The van der Waals surface area contributed by atoms with Gasteiger partial charge in [0.05, 0.1) is 19.4 Å². The standard InChI is InChI=1S/C28H29N5O3S/c1-20-8-12-23(13-9-20)30-26(34)19-37-28-32-31-25(33(28)17-16-21-6-4-3-5-7-21)18-29-27(35)22-10-14-24(36-2)15-11-22/h3-15H,16-19H2,1-2H3,(H,29,35)(H,30,34). The molecule has 8 nitrogen and oxygen atoms in total. The van der Waals surface area contributed by atoms with Gasteiger partial charge in [0.1, 0.15) is 5.75 Å². The molecule has 0 bridgehead atoms. The lowest BCUT2D eigenvalue weighted by Crippen LogP contribution is -2.25. The highest BCUT2D eigenvalue weighted by Crippen LogP contribution is 2.19. The number of aryl methyl sites for hydroxylation is 2. The fraction of sp³-hybridized carbons (Fsp3) is 0.214. The second-order valence-electron chi connectivity index (χ2n) is 8.40. The number of amides is 2. The molecule has 1 heterocycles. The number of hydrogen-bond acceptors (Lipinski definition) is 6. The SMILES string of the molecule is COc1ccc(C(=O)NCc2nnc(SCC(=O)Nc3ccc(C)cc3)n2CCc2ccccc2)cc1. The number of methoxy groups -OCH3 is 1. The van der Waals surface area contributed by atoms with Gasteiger partial charge in [-0.05, 0) is 55.3 Å². The Morgan fingerprint density at radius 3 is 2.38 bits per heavy atom. The molecule has 0 aliphatic heterocycles. The van der Waals surface area contributed by atoms with E-state index in [1.165, 1.54) is 17.3 Å². The third-order valence-electron chi connectivity index (χ3n) is 5.69. The van der Waals surface area contributed by atoms with Crippen LogP contribution in [0.15, 0.2) is 84.0 Å². The second-order valence-corrected chi connectivity index (χ2v) is 9.34. The van der Waals surface area contributed by atoms with Crippen LogP contribution < -0.4 is 15.4 Å². The van der Waals surface area contributed by atoms with Crippen LogP contribution in [0, 0.1) is 6.92 Å². The van der Waals surface area contributed by atoms with Crippen LogP contribution in [0.5, 0.6) is 5.75 Å². The molecule has 190 valence electrons. The molecule has 0 saturated heterocycles. The summed E-state index contributed by atoms with van der Waals surface area (Å²) in [5.41, 5.74) is 3.59. The van der Waals surface area contributed by atoms with Crippen LogP contribution in [0.25, 0.3) is 0 Å². The van der Waals surface area contributed by atoms with Crippen molar-refractivity contribution in [2.24, 2.45) is 0 Å². The third kappa shape index (κ3) is 7.44. The van der Waals surface area contributed by atoms with Crippen LogP contribution in [-0.4, -0.2) is 39.4 Å². The number of aromatic nitrogens is 3. The zero-order valence-corrected chi connectivity index (χ0v) is 21.6. The summed E-state index contributed by atoms with van der Waals surface area (Å²) in [6.07, 6.45) is 0.765. The number of hydrogen-bond donors (Lipinski definition) is 2. The Hall–Kier alpha value is -4.11. The first-order valence-electron chi connectivity index (χ1n) is 11.9. The maximum absolute atomic E-state index is 12.7. The van der Waals surface area contributed by atoms with Crippen molar-refractivity contribution in [2.45, 2.75) is 31.6 Å². The lowest BCUT2D eigenvalue weighted by Gasteiger charge is -2.11. The topological polar surface area (TPSA) is 98.1 Å². The number of carbonyl (C=O) groups is 2. The third-order valence-corrected chi connectivity index (χ3v) is 6.65. The van der Waals surface area contributed by atoms with Gasteiger partial charge in [0.2, 0.25) is 5.91 Å². The molecule has 2 amide bonds. The molecule has 0 saturated carbocycles. The molecule has 0 fully saturated rings. The van der Waals surface area contributed by atoms with Crippen molar-refractivity contribution in [3.63, 3.8) is 0 Å². The van der Waals surface area contributed by atoms with Gasteiger partial charge in [-0.25, -0.2) is 0 Å². The smallest absolute Gasteiger partial charge is 0.251 e. The normalized spacial score (nSPS) is 10.6. The molecule has 1 aromatic heterocycles. The number of anilines is 1. The second kappa shape index (κ2) is 12.7. The van der Waals surface area contributed by atoms with Crippen LogP contribution in [0.3, 0.4) is 0 Å². The average molecular weight is 516 g/mol. The highest BCUT2D eigenvalue weighted by atomic mass is 32.2. The molecule has 0 spiro atoms. The number of ether oxygens (including phenoxy) is 1. The number of thioether (sulfide) groups is 1. The fourth-order valence-corrected chi connectivity index (χ4v) is 4.42. The Kier molecular flexibility index (Phi) is 8.93. The van der Waals surface area contributed by atoms with E-state index in [1.54, 1.807) is 31.4 Å². The fourth-order valence-electron chi connectivity index (χ4n) is 3.63. The van der Waals surface area contributed by atoms with E-state index in [4.69, 9.17) is 4.74 Å². The van der Waals surface area contributed by atoms with E-state index in [2.05, 4.69) is 33.0 Å². The molecule has 9 heteroatoms. The van der Waals surface area contributed by atoms with Crippen LogP contribution in [0.2, 0.25) is 0 Å². The van der Waals surface area contributed by atoms with Gasteiger partial charge in [0, 0.05) is 17.8 Å². The van der Waals surface area contributed by atoms with E-state index in [0.717, 1.165) is 17.7 Å². The molecule has 3 aromatic carbocycles. The Bertz CT molecular complexity index is 1320. The predicted molar refractivity (Wildman–Crippen MR) is 145 cm³/mol. The number of benzene rings is 3. The van der Waals surface area contributed by atoms with Gasteiger partial charge in [-0.15, -0.1) is 10.2 Å². The van der Waals surface area contributed by atoms with E-state index >= 15 is 0 Å². The monoisotopic (exact) mass is 515 g/mol. The van der Waals surface area contributed by atoms with Crippen LogP contribution >= 0.6 is 11.8 Å². The molecule has 37 heavy (non-hydrogen) atoms. The number of nitrogens with zero attached hydrogens (tertiary/aromatic N) is 3. The van der Waals surface area contributed by atoms with Crippen LogP contribution in [-0.2, 0) is 24.3 Å². The Morgan fingerprint density at radius 1 is 0.946 bits per heavy atom. The van der Waals surface area contributed by atoms with Gasteiger partial charge in [0.15, 0.2) is 11.0 Å². The Labute approximate surface area is 220 Å². The molecule has 4 aromatic rings. The van der Waals surface area contributed by atoms with Gasteiger partial charge in [-0.3, -0.25) is 9.59 Å². The Balaban J connectivity index is 1.42. The predicted octanol–water partition coefficient (Wildman–Crippen LogP) is 4.50. The first-order valence-corrected chi connectivity index (χ1v) is 12.9. The summed E-state index contributed by atoms with van der Waals surface area (Å²) in [5, 5.41) is 15.1. The van der Waals surface area contributed by atoms with Gasteiger partial charge >= 0.3 is 0 Å². The van der Waals surface area contributed by atoms with Crippen LogP contribution in [0.4, 0.5) is 5.69 Å². The van der Waals surface area contributed by atoms with Crippen molar-refractivity contribution in [2.75, 3.05) is 18.2 Å². The maximum atomic E-state index is 12.7. The van der Waals surface area contributed by atoms with Crippen molar-refractivity contribution in [3.8, 4) is 5.75 Å². The summed E-state index contributed by atoms with van der Waals surface area (Å²) < 4.78 is 7.12. The van der Waals surface area contributed by atoms with Crippen molar-refractivity contribution in [1.82, 2.24) is 20.1 Å². The quantitative estimate of drug-likeness (QED) is 0.286. The van der Waals surface area contributed by atoms with E-state index in [9.17, 15) is 9.59 Å². The van der Waals surface area contributed by atoms with Crippen molar-refractivity contribution in [1.29, 1.82) is 0 Å². The average Bonchev–Trinajstić information content (AvgIpc) is 3.32. The van der Waals surface area contributed by atoms with Crippen LogP contribution in [0.1, 0.15) is 27.3 Å². The van der Waals surface area contributed by atoms with E-state index in [1.807, 2.05) is 54.0 Å². The molecule has 0 unspecified atom stereocenters. The highest BCUT2D eigenvalue weighted by Gasteiger charge is 2.16. The molecule has 2 N–H and O–H groups in total. The van der Waals surface area contributed by atoms with Crippen molar-refractivity contribution < 1.29 is 14.3 Å². The zero-order chi connectivity index (χ0) is 26.0. The van der Waals surface area contributed by atoms with Crippen molar-refractivity contribution >= 4 is 29.3 Å². The Morgan fingerprint density at radius 2 is 1.68 bits per heavy atom. The van der Waals surface area contributed by atoms with Gasteiger partial charge in [0.25, 0.3) is 5.91 Å². The lowest BCUT2D eigenvalue weighted by atomic mass is 10.1. The van der Waals surface area contributed by atoms with Gasteiger partial charge in [-0.1, -0.05) is 59.8 Å². The molecule has 0 aliphatic rings. The minimum atomic E-state index is -0.216. The summed E-state index contributed by atoms with van der Waals surface area (Å²) >= 11 is 1.32. The van der Waals surface area contributed by atoms with Gasteiger partial charge < -0.3 is 19.9 Å². The molecule has 0 atom stereocenters. The molecular formula is C28H29N5O3S.